The zero-order chi connectivity index (χ0) is 18.3. The van der Waals surface area contributed by atoms with Crippen molar-refractivity contribution in [3.05, 3.63) is 68.5 Å². The molecule has 1 aromatic heterocycles. The number of fused-ring (bicyclic) bond motifs is 1. The second kappa shape index (κ2) is 6.32. The van der Waals surface area contributed by atoms with Gasteiger partial charge in [0.15, 0.2) is 6.23 Å². The van der Waals surface area contributed by atoms with Gasteiger partial charge in [0.25, 0.3) is 11.6 Å². The average Bonchev–Trinajstić information content (AvgIpc) is 3.07. The SMILES string of the molecule is N=c1nc(-c2ccc([C@H]3NC(=O)c4ccccc4O3)cc2[N+](=O)[O-])ss1. The van der Waals surface area contributed by atoms with Crippen LogP contribution in [0, 0.1) is 15.5 Å². The fourth-order valence-electron chi connectivity index (χ4n) is 2.62. The summed E-state index contributed by atoms with van der Waals surface area (Å²) in [6, 6.07) is 11.4. The number of hydrogen-bond donors (Lipinski definition) is 2. The molecule has 10 heteroatoms. The van der Waals surface area contributed by atoms with Crippen molar-refractivity contribution in [1.82, 2.24) is 10.3 Å². The Morgan fingerprint density at radius 2 is 2.00 bits per heavy atom. The predicted octanol–water partition coefficient (Wildman–Crippen LogP) is 3.08. The molecule has 4 rings (SSSR count). The van der Waals surface area contributed by atoms with E-state index >= 15 is 0 Å². The molecule has 2 aromatic carbocycles. The molecule has 0 fully saturated rings. The maximum Gasteiger partial charge on any atom is 0.280 e. The summed E-state index contributed by atoms with van der Waals surface area (Å²) < 4.78 is 5.78. The molecule has 1 aliphatic rings. The fourth-order valence-corrected chi connectivity index (χ4v) is 4.32. The molecule has 2 N–H and O–H groups in total. The van der Waals surface area contributed by atoms with Crippen molar-refractivity contribution in [2.75, 3.05) is 0 Å². The highest BCUT2D eigenvalue weighted by atomic mass is 32.9. The van der Waals surface area contributed by atoms with Gasteiger partial charge in [-0.3, -0.25) is 20.3 Å². The second-order valence-corrected chi connectivity index (χ2v) is 7.50. The quantitative estimate of drug-likeness (QED) is 0.407. The molecular weight excluding hydrogens is 376 g/mol. The smallest absolute Gasteiger partial charge is 0.280 e. The lowest BCUT2D eigenvalue weighted by molar-refractivity contribution is -0.384. The average molecular weight is 386 g/mol. The zero-order valence-corrected chi connectivity index (χ0v) is 14.6. The van der Waals surface area contributed by atoms with Crippen molar-refractivity contribution < 1.29 is 14.5 Å². The van der Waals surface area contributed by atoms with Gasteiger partial charge < -0.3 is 10.1 Å². The zero-order valence-electron chi connectivity index (χ0n) is 13.0. The van der Waals surface area contributed by atoms with Gasteiger partial charge in [0, 0.05) is 11.6 Å². The highest BCUT2D eigenvalue weighted by molar-refractivity contribution is 7.69. The van der Waals surface area contributed by atoms with Gasteiger partial charge in [0.1, 0.15) is 10.8 Å². The van der Waals surface area contributed by atoms with Crippen LogP contribution in [0.1, 0.15) is 22.1 Å². The summed E-state index contributed by atoms with van der Waals surface area (Å²) in [7, 11) is 2.34. The van der Waals surface area contributed by atoms with E-state index in [0.717, 1.165) is 10.3 Å². The van der Waals surface area contributed by atoms with Gasteiger partial charge >= 0.3 is 0 Å². The van der Waals surface area contributed by atoms with Crippen LogP contribution >= 0.6 is 20.7 Å². The molecule has 26 heavy (non-hydrogen) atoms. The van der Waals surface area contributed by atoms with Crippen LogP contribution in [0.15, 0.2) is 42.5 Å². The second-order valence-electron chi connectivity index (χ2n) is 5.39. The van der Waals surface area contributed by atoms with Crippen molar-refractivity contribution in [2.24, 2.45) is 0 Å². The number of nitro benzene ring substituents is 1. The molecule has 0 bridgehead atoms. The molecule has 1 amide bonds. The predicted molar refractivity (Wildman–Crippen MR) is 95.2 cm³/mol. The van der Waals surface area contributed by atoms with Crippen molar-refractivity contribution in [1.29, 1.82) is 5.41 Å². The summed E-state index contributed by atoms with van der Waals surface area (Å²) >= 11 is 0. The van der Waals surface area contributed by atoms with Crippen LogP contribution in [0.2, 0.25) is 0 Å². The Labute approximate surface area is 153 Å². The maximum absolute atomic E-state index is 12.2. The molecule has 0 spiro atoms. The topological polar surface area (TPSA) is 118 Å². The molecule has 0 unspecified atom stereocenters. The van der Waals surface area contributed by atoms with Gasteiger partial charge in [-0.15, -0.1) is 0 Å². The van der Waals surface area contributed by atoms with E-state index in [9.17, 15) is 14.9 Å². The summed E-state index contributed by atoms with van der Waals surface area (Å²) in [6.07, 6.45) is -0.823. The number of para-hydroxylation sites is 1. The Kier molecular flexibility index (Phi) is 3.98. The highest BCUT2D eigenvalue weighted by Gasteiger charge is 2.28. The van der Waals surface area contributed by atoms with Gasteiger partial charge in [0.05, 0.1) is 16.1 Å². The van der Waals surface area contributed by atoms with Gasteiger partial charge in [-0.1, -0.05) is 28.5 Å². The van der Waals surface area contributed by atoms with E-state index in [1.807, 2.05) is 0 Å². The van der Waals surface area contributed by atoms with E-state index in [0.29, 0.717) is 27.4 Å². The van der Waals surface area contributed by atoms with E-state index in [2.05, 4.69) is 10.3 Å². The summed E-state index contributed by atoms with van der Waals surface area (Å²) in [6.45, 7) is 0. The summed E-state index contributed by atoms with van der Waals surface area (Å²) in [5.74, 6) is 0.123. The van der Waals surface area contributed by atoms with Crippen molar-refractivity contribution in [2.45, 2.75) is 6.23 Å². The molecule has 2 heterocycles. The fraction of sp³-hybridized carbons (Fsp3) is 0.0625. The Morgan fingerprint density at radius 1 is 1.19 bits per heavy atom. The molecule has 0 saturated carbocycles. The lowest BCUT2D eigenvalue weighted by atomic mass is 10.1. The number of amides is 1. The first kappa shape index (κ1) is 16.4. The lowest BCUT2D eigenvalue weighted by Gasteiger charge is -2.26. The monoisotopic (exact) mass is 386 g/mol. The molecule has 0 saturated heterocycles. The molecule has 8 nitrogen and oxygen atoms in total. The number of carbonyl (C=O) groups excluding carboxylic acids is 1. The first-order chi connectivity index (χ1) is 12.5. The van der Waals surface area contributed by atoms with E-state index in [4.69, 9.17) is 10.1 Å². The first-order valence-corrected chi connectivity index (χ1v) is 9.55. The Balaban J connectivity index is 1.75. The minimum absolute atomic E-state index is 0.0999. The normalized spacial score (nSPS) is 15.7. The van der Waals surface area contributed by atoms with Crippen LogP contribution in [0.25, 0.3) is 10.6 Å². The molecule has 1 aliphatic heterocycles. The van der Waals surface area contributed by atoms with Gasteiger partial charge in [-0.25, -0.2) is 4.98 Å². The van der Waals surface area contributed by atoms with E-state index in [1.165, 1.54) is 16.4 Å². The van der Waals surface area contributed by atoms with Gasteiger partial charge in [-0.05, 0) is 28.5 Å². The van der Waals surface area contributed by atoms with Crippen molar-refractivity contribution in [3.8, 4) is 16.3 Å². The summed E-state index contributed by atoms with van der Waals surface area (Å²) in [4.78, 5) is 27.3. The van der Waals surface area contributed by atoms with Crippen molar-refractivity contribution >= 4 is 32.3 Å². The third-order valence-electron chi connectivity index (χ3n) is 3.79. The van der Waals surface area contributed by atoms with Crippen LogP contribution in [0.5, 0.6) is 5.75 Å². The van der Waals surface area contributed by atoms with Crippen LogP contribution in [0.3, 0.4) is 0 Å². The number of ether oxygens (including phenoxy) is 1. The van der Waals surface area contributed by atoms with Gasteiger partial charge in [-0.2, -0.15) is 0 Å². The number of carbonyl (C=O) groups is 1. The lowest BCUT2D eigenvalue weighted by Crippen LogP contribution is -2.36. The standard InChI is InChI=1S/C16H10N4O4S2/c17-16-19-15(25-26-16)9-6-5-8(7-11(9)20(22)23)14-18-13(21)10-3-1-2-4-12(10)24-14/h1-7,14,17H,(H,18,21)/t14-/m0/s1. The summed E-state index contributed by atoms with van der Waals surface area (Å²) in [5, 5.41) is 22.1. The first-order valence-electron chi connectivity index (χ1n) is 7.40. The Hall–Kier alpha value is -3.11. The van der Waals surface area contributed by atoms with Crippen molar-refractivity contribution in [3.63, 3.8) is 0 Å². The Bertz CT molecular complexity index is 1090. The number of hydrogen-bond acceptors (Lipinski definition) is 8. The third-order valence-corrected chi connectivity index (χ3v) is 5.79. The van der Waals surface area contributed by atoms with E-state index in [-0.39, 0.29) is 16.4 Å². The molecule has 3 aromatic rings. The van der Waals surface area contributed by atoms with E-state index in [1.54, 1.807) is 36.4 Å². The summed E-state index contributed by atoms with van der Waals surface area (Å²) in [5.41, 5.74) is 1.05. The molecule has 0 radical (unpaired) electrons. The number of benzene rings is 2. The van der Waals surface area contributed by atoms with Crippen LogP contribution < -0.4 is 14.9 Å². The molecule has 0 aliphatic carbocycles. The molecule has 130 valence electrons. The van der Waals surface area contributed by atoms with Crippen LogP contribution in [-0.4, -0.2) is 15.8 Å². The largest absolute Gasteiger partial charge is 0.466 e. The minimum atomic E-state index is -0.823. The van der Waals surface area contributed by atoms with Gasteiger partial charge in [0.2, 0.25) is 4.80 Å². The number of nitro groups is 1. The number of aromatic nitrogens is 1. The van der Waals surface area contributed by atoms with Crippen LogP contribution in [-0.2, 0) is 0 Å². The van der Waals surface area contributed by atoms with Crippen LogP contribution in [0.4, 0.5) is 5.69 Å². The molecular formula is C16H10N4O4S2. The number of nitrogens with zero attached hydrogens (tertiary/aromatic N) is 2. The van der Waals surface area contributed by atoms with E-state index < -0.39 is 11.2 Å². The highest BCUT2D eigenvalue weighted by Crippen LogP contribution is 2.35. The molecule has 1 atom stereocenters. The number of rotatable bonds is 3. The Morgan fingerprint density at radius 3 is 2.73 bits per heavy atom. The third kappa shape index (κ3) is 2.85. The number of nitrogens with one attached hydrogen (secondary N) is 2. The minimum Gasteiger partial charge on any atom is -0.466 e. The maximum atomic E-state index is 12.2.